The third-order valence-electron chi connectivity index (χ3n) is 2.80. The Hall–Kier alpha value is -2.11. The van der Waals surface area contributed by atoms with Crippen LogP contribution < -0.4 is 10.2 Å². The summed E-state index contributed by atoms with van der Waals surface area (Å²) in [4.78, 5) is 29.4. The zero-order valence-electron chi connectivity index (χ0n) is 13.4. The van der Waals surface area contributed by atoms with Crippen LogP contribution in [-0.2, 0) is 15.1 Å². The number of aldehydes is 1. The molecule has 1 aromatic rings. The largest absolute Gasteiger partial charge is 0.444 e. The van der Waals surface area contributed by atoms with Gasteiger partial charge in [0, 0.05) is 25.9 Å². The molecule has 0 bridgehead atoms. The lowest BCUT2D eigenvalue weighted by Crippen LogP contribution is -2.47. The van der Waals surface area contributed by atoms with Gasteiger partial charge in [0.1, 0.15) is 23.2 Å². The smallest absolute Gasteiger partial charge is 0.408 e. The van der Waals surface area contributed by atoms with Gasteiger partial charge in [-0.3, -0.25) is 0 Å². The molecule has 1 atom stereocenters. The van der Waals surface area contributed by atoms with Gasteiger partial charge in [0.2, 0.25) is 0 Å². The van der Waals surface area contributed by atoms with Crippen LogP contribution in [-0.4, -0.2) is 37.1 Å². The zero-order chi connectivity index (χ0) is 16.3. The van der Waals surface area contributed by atoms with Gasteiger partial charge in [-0.05, 0) is 33.8 Å². The maximum absolute atomic E-state index is 11.9. The second-order valence-electron chi connectivity index (χ2n) is 6.25. The minimum absolute atomic E-state index is 0.592. The molecule has 116 valence electrons. The number of pyridine rings is 1. The van der Waals surface area contributed by atoms with Crippen LogP contribution in [0.3, 0.4) is 0 Å². The van der Waals surface area contributed by atoms with Gasteiger partial charge < -0.3 is 19.7 Å². The van der Waals surface area contributed by atoms with Crippen molar-refractivity contribution in [2.75, 3.05) is 19.0 Å². The van der Waals surface area contributed by atoms with Crippen molar-refractivity contribution < 1.29 is 14.3 Å². The molecule has 21 heavy (non-hydrogen) atoms. The van der Waals surface area contributed by atoms with Crippen LogP contribution in [0.15, 0.2) is 18.3 Å². The quantitative estimate of drug-likeness (QED) is 0.861. The van der Waals surface area contributed by atoms with Gasteiger partial charge in [-0.25, -0.2) is 9.78 Å². The number of nitrogens with one attached hydrogen (secondary N) is 1. The zero-order valence-corrected chi connectivity index (χ0v) is 13.4. The molecule has 0 aliphatic rings. The number of ether oxygens (including phenoxy) is 1. The molecular formula is C15H23N3O3. The van der Waals surface area contributed by atoms with Gasteiger partial charge in [-0.15, -0.1) is 0 Å². The molecule has 1 amide bonds. The van der Waals surface area contributed by atoms with E-state index in [1.165, 1.54) is 0 Å². The van der Waals surface area contributed by atoms with E-state index in [-0.39, 0.29) is 0 Å². The van der Waals surface area contributed by atoms with Crippen LogP contribution in [0.5, 0.6) is 0 Å². The Morgan fingerprint density at radius 3 is 2.29 bits per heavy atom. The fraction of sp³-hybridized carbons (Fsp3) is 0.533. The third kappa shape index (κ3) is 4.73. The van der Waals surface area contributed by atoms with Gasteiger partial charge in [0.25, 0.3) is 0 Å². The lowest BCUT2D eigenvalue weighted by molar-refractivity contribution is -0.113. The Bertz CT molecular complexity index is 506. The molecule has 0 saturated heterocycles. The van der Waals surface area contributed by atoms with Crippen molar-refractivity contribution in [3.05, 3.63) is 23.9 Å². The predicted molar refractivity (Wildman–Crippen MR) is 81.3 cm³/mol. The highest BCUT2D eigenvalue weighted by Gasteiger charge is 2.31. The van der Waals surface area contributed by atoms with Gasteiger partial charge in [-0.2, -0.15) is 0 Å². The second kappa shape index (κ2) is 6.11. The Morgan fingerprint density at radius 2 is 1.90 bits per heavy atom. The van der Waals surface area contributed by atoms with Gasteiger partial charge in [-0.1, -0.05) is 6.07 Å². The average molecular weight is 293 g/mol. The highest BCUT2D eigenvalue weighted by Crippen LogP contribution is 2.20. The Morgan fingerprint density at radius 1 is 1.29 bits per heavy atom. The maximum Gasteiger partial charge on any atom is 0.408 e. The molecule has 0 fully saturated rings. The molecule has 0 aromatic carbocycles. The van der Waals surface area contributed by atoms with E-state index in [1.807, 2.05) is 19.0 Å². The van der Waals surface area contributed by atoms with Crippen molar-refractivity contribution in [3.63, 3.8) is 0 Å². The first kappa shape index (κ1) is 16.9. The number of hydrogen-bond donors (Lipinski definition) is 1. The van der Waals surface area contributed by atoms with Crippen LogP contribution >= 0.6 is 0 Å². The normalized spacial score (nSPS) is 14.0. The summed E-state index contributed by atoms with van der Waals surface area (Å²) < 4.78 is 5.18. The molecule has 1 N–H and O–H groups in total. The first-order valence-corrected chi connectivity index (χ1v) is 6.69. The summed E-state index contributed by atoms with van der Waals surface area (Å²) in [5.74, 6) is 0.768. The third-order valence-corrected chi connectivity index (χ3v) is 2.80. The van der Waals surface area contributed by atoms with Crippen molar-refractivity contribution in [2.45, 2.75) is 38.8 Å². The van der Waals surface area contributed by atoms with E-state index < -0.39 is 17.2 Å². The standard InChI is InChI=1S/C15H23N3O3/c1-14(2,3)21-13(20)17-15(4,10-19)11-7-8-12(16-9-11)18(5)6/h7-10H,1-6H3,(H,17,20). The molecule has 1 aromatic heterocycles. The van der Waals surface area contributed by atoms with Gasteiger partial charge >= 0.3 is 6.09 Å². The molecule has 0 spiro atoms. The molecule has 0 aliphatic heterocycles. The van der Waals surface area contributed by atoms with Crippen LogP contribution in [0.2, 0.25) is 0 Å². The van der Waals surface area contributed by atoms with E-state index in [9.17, 15) is 9.59 Å². The number of hydrogen-bond acceptors (Lipinski definition) is 5. The molecule has 1 heterocycles. The average Bonchev–Trinajstić information content (AvgIpc) is 2.36. The number of carbonyl (C=O) groups excluding carboxylic acids is 2. The number of rotatable bonds is 4. The number of anilines is 1. The molecule has 6 heteroatoms. The van der Waals surface area contributed by atoms with Gasteiger partial charge in [0.05, 0.1) is 0 Å². The number of carbonyl (C=O) groups is 2. The first-order valence-electron chi connectivity index (χ1n) is 6.69. The van der Waals surface area contributed by atoms with Crippen LogP contribution in [0.25, 0.3) is 0 Å². The molecule has 0 aliphatic carbocycles. The van der Waals surface area contributed by atoms with E-state index >= 15 is 0 Å². The van der Waals surface area contributed by atoms with Crippen molar-refractivity contribution in [1.82, 2.24) is 10.3 Å². The lowest BCUT2D eigenvalue weighted by atomic mass is 9.95. The Labute approximate surface area is 125 Å². The SMILES string of the molecule is CN(C)c1ccc(C(C)(C=O)NC(=O)OC(C)(C)C)cn1. The highest BCUT2D eigenvalue weighted by molar-refractivity contribution is 5.77. The number of amides is 1. The molecular weight excluding hydrogens is 270 g/mol. The predicted octanol–water partition coefficient (Wildman–Crippen LogP) is 2.09. The number of aromatic nitrogens is 1. The number of nitrogens with zero attached hydrogens (tertiary/aromatic N) is 2. The van der Waals surface area contributed by atoms with E-state index in [0.717, 1.165) is 5.82 Å². The minimum Gasteiger partial charge on any atom is -0.444 e. The fourth-order valence-electron chi connectivity index (χ4n) is 1.64. The summed E-state index contributed by atoms with van der Waals surface area (Å²) in [6, 6.07) is 3.54. The van der Waals surface area contributed by atoms with Crippen molar-refractivity contribution in [3.8, 4) is 0 Å². The van der Waals surface area contributed by atoms with E-state index in [2.05, 4.69) is 10.3 Å². The van der Waals surface area contributed by atoms with Crippen LogP contribution in [0, 0.1) is 0 Å². The topological polar surface area (TPSA) is 71.5 Å². The summed E-state index contributed by atoms with van der Waals surface area (Å²) in [5, 5.41) is 2.58. The summed E-state index contributed by atoms with van der Waals surface area (Å²) in [5.41, 5.74) is -1.21. The number of alkyl carbamates (subject to hydrolysis) is 1. The summed E-state index contributed by atoms with van der Waals surface area (Å²) in [7, 11) is 3.75. The van der Waals surface area contributed by atoms with Gasteiger partial charge in [0.15, 0.2) is 0 Å². The lowest BCUT2D eigenvalue weighted by Gasteiger charge is -2.28. The Balaban J connectivity index is 2.93. The maximum atomic E-state index is 11.9. The molecule has 0 saturated carbocycles. The van der Waals surface area contributed by atoms with E-state index in [0.29, 0.717) is 11.8 Å². The van der Waals surface area contributed by atoms with E-state index in [4.69, 9.17) is 4.74 Å². The van der Waals surface area contributed by atoms with Crippen LogP contribution in [0.4, 0.5) is 10.6 Å². The molecule has 6 nitrogen and oxygen atoms in total. The fourth-order valence-corrected chi connectivity index (χ4v) is 1.64. The summed E-state index contributed by atoms with van der Waals surface area (Å²) in [6.07, 6.45) is 1.60. The Kier molecular flexibility index (Phi) is 4.93. The van der Waals surface area contributed by atoms with Crippen molar-refractivity contribution in [2.24, 2.45) is 0 Å². The molecule has 0 radical (unpaired) electrons. The minimum atomic E-state index is -1.18. The van der Waals surface area contributed by atoms with E-state index in [1.54, 1.807) is 46.0 Å². The van der Waals surface area contributed by atoms with Crippen LogP contribution in [0.1, 0.15) is 33.3 Å². The van der Waals surface area contributed by atoms with Crippen molar-refractivity contribution in [1.29, 1.82) is 0 Å². The summed E-state index contributed by atoms with van der Waals surface area (Å²) >= 11 is 0. The second-order valence-corrected chi connectivity index (χ2v) is 6.25. The first-order chi connectivity index (χ1) is 9.57. The molecule has 1 rings (SSSR count). The monoisotopic (exact) mass is 293 g/mol. The highest BCUT2D eigenvalue weighted by atomic mass is 16.6. The summed E-state index contributed by atoms with van der Waals surface area (Å²) in [6.45, 7) is 6.89. The molecule has 1 unspecified atom stereocenters. The van der Waals surface area contributed by atoms with Crippen molar-refractivity contribution >= 4 is 18.2 Å².